The quantitative estimate of drug-likeness (QED) is 0.173. The number of anilines is 3. The molecular formula is C59H37NO. The van der Waals surface area contributed by atoms with Crippen LogP contribution in [0.3, 0.4) is 0 Å². The molecule has 1 spiro atoms. The zero-order chi connectivity index (χ0) is 43.6. The average molecular weight is 780 g/mol. The summed E-state index contributed by atoms with van der Waals surface area (Å²) in [6.07, 6.45) is 0. The minimum absolute atomic E-state index is 0.0961. The lowest BCUT2D eigenvalue weighted by atomic mass is 9.70. The van der Waals surface area contributed by atoms with Gasteiger partial charge < -0.3 is 9.32 Å². The van der Waals surface area contributed by atoms with Gasteiger partial charge in [-0.3, -0.25) is 0 Å². The molecular weight excluding hydrogens is 739 g/mol. The maximum Gasteiger partial charge on any atom is 0.136 e. The largest absolute Gasteiger partial charge is 0.456 e. The Balaban J connectivity index is 1.06. The molecule has 13 rings (SSSR count). The van der Waals surface area contributed by atoms with Gasteiger partial charge in [0.15, 0.2) is 0 Å². The van der Waals surface area contributed by atoms with Gasteiger partial charge in [-0.25, -0.2) is 0 Å². The molecule has 1 aromatic heterocycles. The van der Waals surface area contributed by atoms with Crippen LogP contribution in [0.5, 0.6) is 0 Å². The van der Waals surface area contributed by atoms with E-state index in [0.717, 1.165) is 60.7 Å². The Morgan fingerprint density at radius 3 is 1.61 bits per heavy atom. The Kier molecular flexibility index (Phi) is 6.44. The first kappa shape index (κ1) is 30.2. The van der Waals surface area contributed by atoms with Crippen molar-refractivity contribution in [3.63, 3.8) is 0 Å². The first-order valence-electron chi connectivity index (χ1n) is 22.8. The van der Waals surface area contributed by atoms with E-state index in [-0.39, 0.29) is 35.4 Å². The van der Waals surface area contributed by atoms with Crippen LogP contribution in [-0.4, -0.2) is 0 Å². The molecule has 61 heavy (non-hydrogen) atoms. The van der Waals surface area contributed by atoms with Gasteiger partial charge >= 0.3 is 0 Å². The van der Waals surface area contributed by atoms with Crippen LogP contribution in [0.1, 0.15) is 27.7 Å². The summed E-state index contributed by atoms with van der Waals surface area (Å²) in [5.74, 6) is 0. The second-order valence-corrected chi connectivity index (χ2v) is 16.0. The monoisotopic (exact) mass is 779 g/mol. The smallest absolute Gasteiger partial charge is 0.136 e. The Bertz CT molecular complexity index is 3700. The van der Waals surface area contributed by atoms with E-state index in [1.807, 2.05) is 89.8 Å². The van der Waals surface area contributed by atoms with Crippen LogP contribution in [0.4, 0.5) is 17.1 Å². The molecule has 2 aliphatic rings. The molecule has 284 valence electrons. The highest BCUT2D eigenvalue weighted by molar-refractivity contribution is 6.12. The third-order valence-corrected chi connectivity index (χ3v) is 13.0. The average Bonchev–Trinajstić information content (AvgIpc) is 3.99. The fourth-order valence-corrected chi connectivity index (χ4v) is 10.4. The molecule has 2 heteroatoms. The SMILES string of the molecule is [2H]c1c([2H])c(N(c2ccc(-c3cccc4oc5ccccc5c34)cc2)c2ccc3c(c2)C2(c4ccccc4-c4ccccc42)c2ccccc2-3)c([2H])c([2H])c1-c1cccc2ccccc12. The number of furan rings is 1. The molecule has 0 saturated carbocycles. The second kappa shape index (κ2) is 13.0. The van der Waals surface area contributed by atoms with Gasteiger partial charge in [0, 0.05) is 27.8 Å². The Hall–Kier alpha value is -7.94. The summed E-state index contributed by atoms with van der Waals surface area (Å²) in [6.45, 7) is 0. The number of rotatable bonds is 5. The maximum atomic E-state index is 9.86. The Morgan fingerprint density at radius 2 is 0.885 bits per heavy atom. The predicted molar refractivity (Wildman–Crippen MR) is 253 cm³/mol. The van der Waals surface area contributed by atoms with Gasteiger partial charge in [-0.2, -0.15) is 0 Å². The number of benzene rings is 10. The molecule has 0 N–H and O–H groups in total. The number of para-hydroxylation sites is 1. The van der Waals surface area contributed by atoms with Crippen molar-refractivity contribution in [2.75, 3.05) is 4.90 Å². The summed E-state index contributed by atoms with van der Waals surface area (Å²) in [5.41, 5.74) is 15.0. The van der Waals surface area contributed by atoms with Crippen LogP contribution in [0.15, 0.2) is 229 Å². The van der Waals surface area contributed by atoms with E-state index in [1.54, 1.807) is 0 Å². The molecule has 0 radical (unpaired) electrons. The highest BCUT2D eigenvalue weighted by Gasteiger charge is 2.51. The van der Waals surface area contributed by atoms with Crippen molar-refractivity contribution in [2.24, 2.45) is 0 Å². The fourth-order valence-electron chi connectivity index (χ4n) is 10.4. The number of fused-ring (bicyclic) bond motifs is 14. The maximum absolute atomic E-state index is 9.86. The van der Waals surface area contributed by atoms with Crippen LogP contribution in [0, 0.1) is 0 Å². The minimum atomic E-state index is -0.621. The van der Waals surface area contributed by atoms with E-state index in [4.69, 9.17) is 4.42 Å². The Morgan fingerprint density at radius 1 is 0.361 bits per heavy atom. The zero-order valence-electron chi connectivity index (χ0n) is 36.9. The summed E-state index contributed by atoms with van der Waals surface area (Å²) in [7, 11) is 0. The van der Waals surface area contributed by atoms with Gasteiger partial charge in [0.2, 0.25) is 0 Å². The Labute approximate surface area is 359 Å². The van der Waals surface area contributed by atoms with Gasteiger partial charge in [0.25, 0.3) is 0 Å². The minimum Gasteiger partial charge on any atom is -0.456 e. The molecule has 0 saturated heterocycles. The van der Waals surface area contributed by atoms with E-state index in [1.165, 1.54) is 33.4 Å². The molecule has 0 amide bonds. The number of hydrogen-bond donors (Lipinski definition) is 0. The summed E-state index contributed by atoms with van der Waals surface area (Å²) in [6, 6.07) is 68.3. The lowest BCUT2D eigenvalue weighted by Crippen LogP contribution is -2.26. The van der Waals surface area contributed by atoms with Gasteiger partial charge in [0.1, 0.15) is 11.2 Å². The van der Waals surface area contributed by atoms with Crippen molar-refractivity contribution < 1.29 is 9.90 Å². The standard InChI is InChI=1S/C59H37NO/c1-2-15-44-38(13-1)14-11-20-45(44)39-27-31-41(32-28-39)60(42-33-29-40(30-34-42)46-21-12-26-57-58(46)51-19-6-10-25-56(51)61-57)43-35-36-50-49-18-5-9-24-54(49)59(55(50)37-43)52-22-7-3-16-47(52)48-17-4-8-23-53(48)59/h1-37H/i27D,28D,31D,32D. The first-order valence-corrected chi connectivity index (χ1v) is 20.8. The van der Waals surface area contributed by atoms with E-state index < -0.39 is 5.41 Å². The molecule has 2 nitrogen and oxygen atoms in total. The molecule has 0 fully saturated rings. The van der Waals surface area contributed by atoms with Crippen molar-refractivity contribution in [3.05, 3.63) is 247 Å². The van der Waals surface area contributed by atoms with Gasteiger partial charge in [-0.05, 0) is 126 Å². The van der Waals surface area contributed by atoms with Gasteiger partial charge in [-0.15, -0.1) is 0 Å². The lowest BCUT2D eigenvalue weighted by molar-refractivity contribution is 0.669. The number of nitrogens with zero attached hydrogens (tertiary/aromatic N) is 1. The van der Waals surface area contributed by atoms with Crippen LogP contribution >= 0.6 is 0 Å². The molecule has 0 aliphatic heterocycles. The summed E-state index contributed by atoms with van der Waals surface area (Å²) in [5, 5.41) is 3.92. The number of hydrogen-bond acceptors (Lipinski definition) is 2. The molecule has 10 aromatic carbocycles. The van der Waals surface area contributed by atoms with Crippen LogP contribution < -0.4 is 4.90 Å². The first-order chi connectivity index (χ1) is 31.9. The molecule has 11 aromatic rings. The van der Waals surface area contributed by atoms with E-state index >= 15 is 0 Å². The van der Waals surface area contributed by atoms with E-state index in [0.29, 0.717) is 11.3 Å². The van der Waals surface area contributed by atoms with Crippen molar-refractivity contribution in [3.8, 4) is 44.5 Å². The van der Waals surface area contributed by atoms with Crippen LogP contribution in [0.25, 0.3) is 77.2 Å². The predicted octanol–water partition coefficient (Wildman–Crippen LogP) is 15.9. The third-order valence-electron chi connectivity index (χ3n) is 13.0. The zero-order valence-corrected chi connectivity index (χ0v) is 32.9. The van der Waals surface area contributed by atoms with Crippen molar-refractivity contribution in [1.82, 2.24) is 0 Å². The van der Waals surface area contributed by atoms with Crippen molar-refractivity contribution in [2.45, 2.75) is 5.41 Å². The molecule has 0 atom stereocenters. The summed E-state index contributed by atoms with van der Waals surface area (Å²) >= 11 is 0. The highest BCUT2D eigenvalue weighted by Crippen LogP contribution is 2.63. The lowest BCUT2D eigenvalue weighted by Gasteiger charge is -2.32. The third kappa shape index (κ3) is 4.85. The highest BCUT2D eigenvalue weighted by atomic mass is 16.3. The van der Waals surface area contributed by atoms with Gasteiger partial charge in [-0.1, -0.05) is 176 Å². The topological polar surface area (TPSA) is 16.4 Å². The van der Waals surface area contributed by atoms with Crippen molar-refractivity contribution >= 4 is 49.8 Å². The second-order valence-electron chi connectivity index (χ2n) is 16.0. The van der Waals surface area contributed by atoms with Crippen LogP contribution in [-0.2, 0) is 5.41 Å². The molecule has 0 bridgehead atoms. The molecule has 2 aliphatic carbocycles. The fraction of sp³-hybridized carbons (Fsp3) is 0.0169. The molecule has 0 unspecified atom stereocenters. The van der Waals surface area contributed by atoms with E-state index in [9.17, 15) is 5.48 Å². The summed E-state index contributed by atoms with van der Waals surface area (Å²) in [4.78, 5) is 1.93. The summed E-state index contributed by atoms with van der Waals surface area (Å²) < 4.78 is 45.3. The van der Waals surface area contributed by atoms with Crippen molar-refractivity contribution in [1.29, 1.82) is 0 Å². The van der Waals surface area contributed by atoms with Gasteiger partial charge in [0.05, 0.1) is 10.9 Å². The normalized spacial score (nSPS) is 14.0. The van der Waals surface area contributed by atoms with E-state index in [2.05, 4.69) is 115 Å². The molecule has 1 heterocycles. The van der Waals surface area contributed by atoms with Crippen LogP contribution in [0.2, 0.25) is 0 Å².